The summed E-state index contributed by atoms with van der Waals surface area (Å²) in [6, 6.07) is 18.5. The normalized spacial score (nSPS) is 16.0. The number of hydrogen-bond acceptors (Lipinski definition) is 4. The van der Waals surface area contributed by atoms with Crippen molar-refractivity contribution in [2.75, 3.05) is 17.3 Å². The molecule has 1 aliphatic heterocycles. The van der Waals surface area contributed by atoms with E-state index < -0.39 is 6.17 Å². The van der Waals surface area contributed by atoms with Crippen molar-refractivity contribution in [1.29, 1.82) is 0 Å². The highest BCUT2D eigenvalue weighted by molar-refractivity contribution is 6.30. The Labute approximate surface area is 156 Å². The van der Waals surface area contributed by atoms with Crippen molar-refractivity contribution < 1.29 is 9.53 Å². The lowest BCUT2D eigenvalue weighted by atomic mass is 10.0. The van der Waals surface area contributed by atoms with E-state index in [0.717, 1.165) is 17.0 Å². The van der Waals surface area contributed by atoms with Gasteiger partial charge in [0.15, 0.2) is 0 Å². The van der Waals surface area contributed by atoms with E-state index in [4.69, 9.17) is 16.3 Å². The number of hydrogen-bond donors (Lipinski definition) is 1. The smallest absolute Gasteiger partial charge is 0.263 e. The minimum absolute atomic E-state index is 0.116. The van der Waals surface area contributed by atoms with Crippen LogP contribution in [0.15, 0.2) is 66.9 Å². The lowest BCUT2D eigenvalue weighted by Gasteiger charge is -2.37. The van der Waals surface area contributed by atoms with Crippen LogP contribution in [0.25, 0.3) is 0 Å². The summed E-state index contributed by atoms with van der Waals surface area (Å²) in [4.78, 5) is 19.2. The van der Waals surface area contributed by atoms with Crippen LogP contribution >= 0.6 is 11.6 Å². The number of nitrogens with one attached hydrogen (secondary N) is 1. The molecule has 0 aliphatic carbocycles. The third-order valence-corrected chi connectivity index (χ3v) is 4.54. The SMILES string of the molecule is COc1ccc(C2Nc3ccccc3C(=O)N2c2ccc(Cl)cn2)cc1. The number of amides is 1. The van der Waals surface area contributed by atoms with Gasteiger partial charge in [-0.25, -0.2) is 4.98 Å². The van der Waals surface area contributed by atoms with Crippen molar-refractivity contribution in [3.8, 4) is 5.75 Å². The van der Waals surface area contributed by atoms with E-state index in [1.54, 1.807) is 30.2 Å². The first-order chi connectivity index (χ1) is 12.7. The number of para-hydroxylation sites is 1. The molecule has 0 radical (unpaired) electrons. The first kappa shape index (κ1) is 16.4. The van der Waals surface area contributed by atoms with Crippen molar-refractivity contribution in [1.82, 2.24) is 4.98 Å². The molecular weight excluding hydrogens is 350 g/mol. The van der Waals surface area contributed by atoms with Crippen LogP contribution in [0.4, 0.5) is 11.5 Å². The Kier molecular flexibility index (Phi) is 4.22. The number of methoxy groups -OCH3 is 1. The summed E-state index contributed by atoms with van der Waals surface area (Å²) in [6.07, 6.45) is 1.15. The molecule has 26 heavy (non-hydrogen) atoms. The second-order valence-corrected chi connectivity index (χ2v) is 6.31. The second-order valence-electron chi connectivity index (χ2n) is 5.88. The molecule has 1 aliphatic rings. The van der Waals surface area contributed by atoms with E-state index >= 15 is 0 Å². The number of carbonyl (C=O) groups is 1. The predicted octanol–water partition coefficient (Wildman–Crippen LogP) is 4.51. The number of benzene rings is 2. The highest BCUT2D eigenvalue weighted by Gasteiger charge is 2.34. The van der Waals surface area contributed by atoms with Gasteiger partial charge in [-0.15, -0.1) is 0 Å². The van der Waals surface area contributed by atoms with E-state index in [1.807, 2.05) is 42.5 Å². The van der Waals surface area contributed by atoms with E-state index in [2.05, 4.69) is 10.3 Å². The maximum absolute atomic E-state index is 13.2. The molecule has 1 unspecified atom stereocenters. The van der Waals surface area contributed by atoms with Crippen LogP contribution in [0.1, 0.15) is 22.1 Å². The first-order valence-electron chi connectivity index (χ1n) is 8.12. The molecule has 1 amide bonds. The van der Waals surface area contributed by atoms with Crippen molar-refractivity contribution in [2.24, 2.45) is 0 Å². The average molecular weight is 366 g/mol. The van der Waals surface area contributed by atoms with Gasteiger partial charge in [0.05, 0.1) is 17.7 Å². The lowest BCUT2D eigenvalue weighted by Crippen LogP contribution is -2.43. The van der Waals surface area contributed by atoms with Crippen molar-refractivity contribution in [3.05, 3.63) is 83.0 Å². The molecule has 0 saturated carbocycles. The van der Waals surface area contributed by atoms with E-state index in [0.29, 0.717) is 16.4 Å². The van der Waals surface area contributed by atoms with Gasteiger partial charge >= 0.3 is 0 Å². The quantitative estimate of drug-likeness (QED) is 0.741. The highest BCUT2D eigenvalue weighted by Crippen LogP contribution is 2.36. The maximum Gasteiger partial charge on any atom is 0.263 e. The van der Waals surface area contributed by atoms with Crippen LogP contribution in [-0.2, 0) is 0 Å². The minimum Gasteiger partial charge on any atom is -0.497 e. The van der Waals surface area contributed by atoms with Gasteiger partial charge in [0, 0.05) is 11.9 Å². The molecule has 5 nitrogen and oxygen atoms in total. The molecule has 0 fully saturated rings. The number of carbonyl (C=O) groups excluding carboxylic acids is 1. The third kappa shape index (κ3) is 2.86. The van der Waals surface area contributed by atoms with Gasteiger partial charge in [0.2, 0.25) is 0 Å². The maximum atomic E-state index is 13.2. The number of rotatable bonds is 3. The summed E-state index contributed by atoms with van der Waals surface area (Å²) in [7, 11) is 1.62. The monoisotopic (exact) mass is 365 g/mol. The molecule has 3 aromatic rings. The van der Waals surface area contributed by atoms with E-state index in [9.17, 15) is 4.79 Å². The Hall–Kier alpha value is -3.05. The molecule has 0 saturated heterocycles. The molecule has 0 spiro atoms. The number of halogens is 1. The number of nitrogens with zero attached hydrogens (tertiary/aromatic N) is 2. The highest BCUT2D eigenvalue weighted by atomic mass is 35.5. The third-order valence-electron chi connectivity index (χ3n) is 4.32. The zero-order chi connectivity index (χ0) is 18.1. The van der Waals surface area contributed by atoms with Gasteiger partial charge in [-0.05, 0) is 42.0 Å². The summed E-state index contributed by atoms with van der Waals surface area (Å²) in [5.74, 6) is 1.17. The van der Waals surface area contributed by atoms with Crippen LogP contribution in [0.2, 0.25) is 5.02 Å². The van der Waals surface area contributed by atoms with Crippen LogP contribution in [0.3, 0.4) is 0 Å². The zero-order valence-corrected chi connectivity index (χ0v) is 14.8. The number of anilines is 2. The summed E-state index contributed by atoms with van der Waals surface area (Å²) in [5.41, 5.74) is 2.32. The molecule has 130 valence electrons. The number of ether oxygens (including phenoxy) is 1. The van der Waals surface area contributed by atoms with Gasteiger partial charge in [-0.3, -0.25) is 9.69 Å². The fourth-order valence-corrected chi connectivity index (χ4v) is 3.13. The average Bonchev–Trinajstić information content (AvgIpc) is 2.69. The van der Waals surface area contributed by atoms with Gasteiger partial charge in [0.1, 0.15) is 17.7 Å². The number of pyridine rings is 1. The van der Waals surface area contributed by atoms with Gasteiger partial charge in [-0.1, -0.05) is 35.9 Å². The molecule has 1 N–H and O–H groups in total. The molecule has 0 bridgehead atoms. The Morgan fingerprint density at radius 2 is 1.85 bits per heavy atom. The Balaban J connectivity index is 1.82. The summed E-state index contributed by atoms with van der Waals surface area (Å²) in [5, 5.41) is 3.96. The van der Waals surface area contributed by atoms with Crippen LogP contribution in [0, 0.1) is 0 Å². The first-order valence-corrected chi connectivity index (χ1v) is 8.50. The molecular formula is C20H16ClN3O2. The second kappa shape index (κ2) is 6.69. The van der Waals surface area contributed by atoms with Gasteiger partial charge < -0.3 is 10.1 Å². The predicted molar refractivity (Wildman–Crippen MR) is 102 cm³/mol. The van der Waals surface area contributed by atoms with Gasteiger partial charge in [-0.2, -0.15) is 0 Å². The van der Waals surface area contributed by atoms with E-state index in [-0.39, 0.29) is 5.91 Å². The standard InChI is InChI=1S/C20H16ClN3O2/c1-26-15-9-6-13(7-10-15)19-23-17-5-3-2-4-16(17)20(25)24(19)18-11-8-14(21)12-22-18/h2-12,19,23H,1H3. The summed E-state index contributed by atoms with van der Waals surface area (Å²) in [6.45, 7) is 0. The van der Waals surface area contributed by atoms with Crippen LogP contribution in [0.5, 0.6) is 5.75 Å². The largest absolute Gasteiger partial charge is 0.497 e. The van der Waals surface area contributed by atoms with Crippen LogP contribution in [-0.4, -0.2) is 18.0 Å². The summed E-state index contributed by atoms with van der Waals surface area (Å²) < 4.78 is 5.23. The topological polar surface area (TPSA) is 54.5 Å². The Morgan fingerprint density at radius 1 is 1.08 bits per heavy atom. The Morgan fingerprint density at radius 3 is 2.54 bits per heavy atom. The Bertz CT molecular complexity index is 942. The van der Waals surface area contributed by atoms with Gasteiger partial charge in [0.25, 0.3) is 5.91 Å². The lowest BCUT2D eigenvalue weighted by molar-refractivity contribution is 0.0974. The van der Waals surface area contributed by atoms with Crippen molar-refractivity contribution in [2.45, 2.75) is 6.17 Å². The molecule has 1 atom stereocenters. The minimum atomic E-state index is -0.392. The fraction of sp³-hybridized carbons (Fsp3) is 0.100. The van der Waals surface area contributed by atoms with Crippen molar-refractivity contribution in [3.63, 3.8) is 0 Å². The molecule has 4 rings (SSSR count). The molecule has 1 aromatic heterocycles. The summed E-state index contributed by atoms with van der Waals surface area (Å²) >= 11 is 5.96. The molecule has 2 aromatic carbocycles. The number of aromatic nitrogens is 1. The van der Waals surface area contributed by atoms with Crippen molar-refractivity contribution >= 4 is 29.0 Å². The van der Waals surface area contributed by atoms with E-state index in [1.165, 1.54) is 6.20 Å². The molecule has 6 heteroatoms. The van der Waals surface area contributed by atoms with Crippen LogP contribution < -0.4 is 15.0 Å². The molecule has 2 heterocycles. The fourth-order valence-electron chi connectivity index (χ4n) is 3.02. The zero-order valence-electron chi connectivity index (χ0n) is 14.0. The number of fused-ring (bicyclic) bond motifs is 1.